The maximum absolute atomic E-state index is 13.3. The van der Waals surface area contributed by atoms with Gasteiger partial charge >= 0.3 is 0 Å². The summed E-state index contributed by atoms with van der Waals surface area (Å²) in [5.41, 5.74) is 3.56. The van der Waals surface area contributed by atoms with Gasteiger partial charge in [0.1, 0.15) is 5.51 Å². The van der Waals surface area contributed by atoms with Crippen molar-refractivity contribution in [1.29, 1.82) is 0 Å². The number of hydrogen-bond donors (Lipinski definition) is 2. The van der Waals surface area contributed by atoms with Crippen LogP contribution in [0.3, 0.4) is 0 Å². The molecule has 0 aliphatic carbocycles. The third-order valence-corrected chi connectivity index (χ3v) is 7.40. The molecule has 1 unspecified atom stereocenters. The van der Waals surface area contributed by atoms with Crippen LogP contribution < -0.4 is 10.6 Å². The minimum absolute atomic E-state index is 0.110. The predicted octanol–water partition coefficient (Wildman–Crippen LogP) is 5.42. The molecule has 0 aliphatic heterocycles. The highest BCUT2D eigenvalue weighted by Crippen LogP contribution is 2.45. The van der Waals surface area contributed by atoms with Gasteiger partial charge in [0.2, 0.25) is 11.0 Å². The molecule has 33 heavy (non-hydrogen) atoms. The molecule has 0 radical (unpaired) electrons. The lowest BCUT2D eigenvalue weighted by molar-refractivity contribution is -0.124. The largest absolute Gasteiger partial charge is 0.355 e. The van der Waals surface area contributed by atoms with Crippen LogP contribution in [0, 0.1) is 5.41 Å². The lowest BCUT2D eigenvalue weighted by atomic mass is 9.73. The fraction of sp³-hybridized carbons (Fsp3) is 0.200. The van der Waals surface area contributed by atoms with Gasteiger partial charge in [-0.1, -0.05) is 67.6 Å². The molecule has 2 aromatic carbocycles. The second kappa shape index (κ2) is 9.64. The van der Waals surface area contributed by atoms with Gasteiger partial charge in [0.25, 0.3) is 5.91 Å². The molecule has 0 aliphatic rings. The predicted molar refractivity (Wildman–Crippen MR) is 134 cm³/mol. The minimum Gasteiger partial charge on any atom is -0.355 e. The number of carbonyl (C=O) groups is 2. The van der Waals surface area contributed by atoms with Gasteiger partial charge in [0.05, 0.1) is 5.41 Å². The molecule has 4 rings (SSSR count). The third kappa shape index (κ3) is 4.86. The van der Waals surface area contributed by atoms with E-state index in [1.807, 2.05) is 56.3 Å². The van der Waals surface area contributed by atoms with E-state index in [2.05, 4.69) is 45.1 Å². The number of benzene rings is 2. The van der Waals surface area contributed by atoms with E-state index in [0.29, 0.717) is 10.7 Å². The topological polar surface area (TPSA) is 84.0 Å². The first kappa shape index (κ1) is 22.8. The van der Waals surface area contributed by atoms with Crippen molar-refractivity contribution in [2.24, 2.45) is 5.41 Å². The van der Waals surface area contributed by atoms with Crippen molar-refractivity contribution in [3.05, 3.63) is 88.2 Å². The molecule has 0 spiro atoms. The molecule has 2 aromatic heterocycles. The fourth-order valence-corrected chi connectivity index (χ4v) is 5.56. The lowest BCUT2D eigenvalue weighted by Gasteiger charge is -2.32. The normalized spacial score (nSPS) is 12.2. The third-order valence-electron chi connectivity index (χ3n) is 5.59. The Balaban J connectivity index is 1.68. The van der Waals surface area contributed by atoms with Crippen LogP contribution in [0.15, 0.2) is 72.2 Å². The maximum atomic E-state index is 13.3. The van der Waals surface area contributed by atoms with E-state index >= 15 is 0 Å². The van der Waals surface area contributed by atoms with Gasteiger partial charge in [-0.15, -0.1) is 21.5 Å². The summed E-state index contributed by atoms with van der Waals surface area (Å²) in [6.45, 7) is 3.91. The van der Waals surface area contributed by atoms with E-state index in [1.54, 1.807) is 23.9 Å². The molecule has 0 fully saturated rings. The Morgan fingerprint density at radius 3 is 2.33 bits per heavy atom. The van der Waals surface area contributed by atoms with Crippen molar-refractivity contribution in [2.75, 3.05) is 12.4 Å². The highest BCUT2D eigenvalue weighted by molar-refractivity contribution is 7.15. The van der Waals surface area contributed by atoms with Crippen LogP contribution in [0.2, 0.25) is 0 Å². The van der Waals surface area contributed by atoms with Crippen molar-refractivity contribution >= 4 is 39.6 Å². The molecule has 4 aromatic rings. The quantitative estimate of drug-likeness (QED) is 0.373. The molecule has 2 heterocycles. The van der Waals surface area contributed by atoms with Crippen molar-refractivity contribution in [3.8, 4) is 10.4 Å². The number of hydrogen-bond acceptors (Lipinski definition) is 6. The van der Waals surface area contributed by atoms with E-state index in [1.165, 1.54) is 11.3 Å². The lowest BCUT2D eigenvalue weighted by Crippen LogP contribution is -2.36. The van der Waals surface area contributed by atoms with Crippen LogP contribution in [-0.2, 0) is 4.79 Å². The van der Waals surface area contributed by atoms with E-state index in [-0.39, 0.29) is 17.7 Å². The molecule has 8 heteroatoms. The number of amides is 2. The zero-order valence-electron chi connectivity index (χ0n) is 18.5. The van der Waals surface area contributed by atoms with Gasteiger partial charge < -0.3 is 10.6 Å². The molecule has 168 valence electrons. The van der Waals surface area contributed by atoms with Crippen LogP contribution in [0.5, 0.6) is 0 Å². The Hall–Kier alpha value is -3.36. The Morgan fingerprint density at radius 1 is 0.970 bits per heavy atom. The number of rotatable bonds is 7. The monoisotopic (exact) mass is 476 g/mol. The molecule has 6 nitrogen and oxygen atoms in total. The van der Waals surface area contributed by atoms with Crippen LogP contribution >= 0.6 is 22.7 Å². The summed E-state index contributed by atoms with van der Waals surface area (Å²) in [6, 6.07) is 21.8. The van der Waals surface area contributed by atoms with Crippen LogP contribution in [0.4, 0.5) is 5.13 Å². The summed E-state index contributed by atoms with van der Waals surface area (Å²) in [6.07, 6.45) is 0. The molecule has 0 saturated heterocycles. The molecule has 2 N–H and O–H groups in total. The first-order valence-electron chi connectivity index (χ1n) is 10.4. The molecule has 1 atom stereocenters. The summed E-state index contributed by atoms with van der Waals surface area (Å²) in [4.78, 5) is 27.3. The van der Waals surface area contributed by atoms with Gasteiger partial charge in [0.15, 0.2) is 0 Å². The van der Waals surface area contributed by atoms with Gasteiger partial charge in [-0.25, -0.2) is 0 Å². The van der Waals surface area contributed by atoms with Crippen molar-refractivity contribution in [2.45, 2.75) is 19.8 Å². The van der Waals surface area contributed by atoms with E-state index in [0.717, 1.165) is 20.9 Å². The van der Waals surface area contributed by atoms with Crippen molar-refractivity contribution in [3.63, 3.8) is 0 Å². The number of aromatic nitrogens is 2. The Kier molecular flexibility index (Phi) is 6.67. The number of anilines is 1. The average molecular weight is 477 g/mol. The SMILES string of the molecule is CNC(=O)c1ccc(-c2ccc(C(c3ccccc3)C(C)(C)C(=O)Nc3nncs3)s2)cc1. The van der Waals surface area contributed by atoms with E-state index < -0.39 is 5.41 Å². The van der Waals surface area contributed by atoms with Gasteiger partial charge in [-0.2, -0.15) is 0 Å². The average Bonchev–Trinajstić information content (AvgIpc) is 3.52. The summed E-state index contributed by atoms with van der Waals surface area (Å²) in [5, 5.41) is 13.8. The maximum Gasteiger partial charge on any atom is 0.251 e. The molecule has 0 saturated carbocycles. The summed E-state index contributed by atoms with van der Waals surface area (Å²) < 4.78 is 0. The minimum atomic E-state index is -0.752. The fourth-order valence-electron chi connectivity index (χ4n) is 3.79. The zero-order chi connectivity index (χ0) is 23.4. The Morgan fingerprint density at radius 2 is 1.70 bits per heavy atom. The van der Waals surface area contributed by atoms with Crippen LogP contribution in [0.25, 0.3) is 10.4 Å². The highest BCUT2D eigenvalue weighted by atomic mass is 32.1. The highest BCUT2D eigenvalue weighted by Gasteiger charge is 2.40. The van der Waals surface area contributed by atoms with E-state index in [4.69, 9.17) is 0 Å². The molecule has 2 amide bonds. The number of carbonyl (C=O) groups excluding carboxylic acids is 2. The standard InChI is InChI=1S/C25H24N4O2S2/c1-25(2,23(31)28-24-29-27-15-32-24)21(17-7-5-4-6-8-17)20-14-13-19(33-20)16-9-11-18(12-10-16)22(30)26-3/h4-15,21H,1-3H3,(H,26,30)(H,28,29,31). The second-order valence-corrected chi connectivity index (χ2v) is 10.1. The molecule has 0 bridgehead atoms. The number of thiophene rings is 1. The second-order valence-electron chi connectivity index (χ2n) is 8.12. The Labute approximate surface area is 200 Å². The smallest absolute Gasteiger partial charge is 0.251 e. The first-order chi connectivity index (χ1) is 15.9. The summed E-state index contributed by atoms with van der Waals surface area (Å²) in [7, 11) is 1.62. The van der Waals surface area contributed by atoms with Crippen molar-refractivity contribution < 1.29 is 9.59 Å². The number of nitrogens with one attached hydrogen (secondary N) is 2. The van der Waals surface area contributed by atoms with E-state index in [9.17, 15) is 9.59 Å². The van der Waals surface area contributed by atoms with Crippen LogP contribution in [-0.4, -0.2) is 29.1 Å². The van der Waals surface area contributed by atoms with Crippen LogP contribution in [0.1, 0.15) is 40.6 Å². The summed E-state index contributed by atoms with van der Waals surface area (Å²) in [5.74, 6) is -0.380. The van der Waals surface area contributed by atoms with Gasteiger partial charge in [0, 0.05) is 28.3 Å². The first-order valence-corrected chi connectivity index (χ1v) is 12.1. The Bertz CT molecular complexity index is 1230. The zero-order valence-corrected chi connectivity index (χ0v) is 20.2. The van der Waals surface area contributed by atoms with Gasteiger partial charge in [-0.05, 0) is 35.4 Å². The number of nitrogens with zero attached hydrogens (tertiary/aromatic N) is 2. The summed E-state index contributed by atoms with van der Waals surface area (Å²) >= 11 is 2.95. The van der Waals surface area contributed by atoms with Crippen molar-refractivity contribution in [1.82, 2.24) is 15.5 Å². The molecular weight excluding hydrogens is 452 g/mol. The van der Waals surface area contributed by atoms with Gasteiger partial charge in [-0.3, -0.25) is 9.59 Å². The molecular formula is C25H24N4O2S2.